The Balaban J connectivity index is 1.76. The number of anilines is 1. The number of hydrogen-bond acceptors (Lipinski definition) is 5. The molecule has 0 spiro atoms. The highest BCUT2D eigenvalue weighted by Gasteiger charge is 2.31. The van der Waals surface area contributed by atoms with E-state index in [9.17, 15) is 0 Å². The molecule has 0 saturated carbocycles. The van der Waals surface area contributed by atoms with Gasteiger partial charge in [-0.05, 0) is 36.9 Å². The van der Waals surface area contributed by atoms with E-state index in [2.05, 4.69) is 40.2 Å². The maximum atomic E-state index is 4.70. The van der Waals surface area contributed by atoms with Gasteiger partial charge in [0.1, 0.15) is 12.1 Å². The number of hydrogen-bond donors (Lipinski definition) is 0. The van der Waals surface area contributed by atoms with Crippen molar-refractivity contribution in [3.05, 3.63) is 39.5 Å². The molecule has 2 aliphatic heterocycles. The summed E-state index contributed by atoms with van der Waals surface area (Å²) in [7, 11) is 2.18. The highest BCUT2D eigenvalue weighted by Crippen LogP contribution is 2.39. The zero-order chi connectivity index (χ0) is 15.1. The Kier molecular flexibility index (Phi) is 3.62. The first kappa shape index (κ1) is 14.2. The van der Waals surface area contributed by atoms with Crippen molar-refractivity contribution in [3.63, 3.8) is 0 Å². The molecule has 2 aromatic rings. The van der Waals surface area contributed by atoms with Crippen LogP contribution in [0.2, 0.25) is 0 Å². The Bertz CT molecular complexity index is 681. The number of fused-ring (bicyclic) bond motifs is 2. The van der Waals surface area contributed by atoms with Gasteiger partial charge in [-0.3, -0.25) is 0 Å². The largest absolute Gasteiger partial charge is 0.349 e. The van der Waals surface area contributed by atoms with E-state index in [1.54, 1.807) is 11.2 Å². The highest BCUT2D eigenvalue weighted by atomic mass is 32.1. The van der Waals surface area contributed by atoms with E-state index < -0.39 is 0 Å². The highest BCUT2D eigenvalue weighted by molar-refractivity contribution is 7.10. The van der Waals surface area contributed by atoms with E-state index >= 15 is 0 Å². The standard InChI is InChI=1S/C17H22N4S/c1-3-15-12-6-9-22-16(12)5-8-21(15)17-13-10-20(2)7-4-14(13)18-11-19-17/h6,9,11,15H,3-5,7-8,10H2,1-2H3/t15-/m0/s1. The van der Waals surface area contributed by atoms with Crippen LogP contribution in [0, 0.1) is 0 Å². The van der Waals surface area contributed by atoms with Crippen molar-refractivity contribution in [1.82, 2.24) is 14.9 Å². The van der Waals surface area contributed by atoms with Gasteiger partial charge in [-0.1, -0.05) is 6.92 Å². The smallest absolute Gasteiger partial charge is 0.137 e. The zero-order valence-corrected chi connectivity index (χ0v) is 14.1. The molecule has 0 N–H and O–H groups in total. The molecule has 0 unspecified atom stereocenters. The second-order valence-electron chi connectivity index (χ2n) is 6.28. The van der Waals surface area contributed by atoms with Crippen LogP contribution in [0.15, 0.2) is 17.8 Å². The lowest BCUT2D eigenvalue weighted by atomic mass is 9.96. The quantitative estimate of drug-likeness (QED) is 0.853. The third-order valence-corrected chi connectivity index (χ3v) is 5.92. The molecule has 1 atom stereocenters. The second-order valence-corrected chi connectivity index (χ2v) is 7.28. The van der Waals surface area contributed by atoms with Gasteiger partial charge in [0.15, 0.2) is 0 Å². The molecule has 0 fully saturated rings. The lowest BCUT2D eigenvalue weighted by molar-refractivity contribution is 0.308. The number of nitrogens with zero attached hydrogens (tertiary/aromatic N) is 4. The summed E-state index contributed by atoms with van der Waals surface area (Å²) in [5.41, 5.74) is 4.10. The number of thiophene rings is 1. The minimum Gasteiger partial charge on any atom is -0.349 e. The Morgan fingerprint density at radius 1 is 1.27 bits per heavy atom. The lowest BCUT2D eigenvalue weighted by Crippen LogP contribution is -2.37. The van der Waals surface area contributed by atoms with Gasteiger partial charge in [-0.25, -0.2) is 9.97 Å². The fourth-order valence-corrected chi connectivity index (χ4v) is 4.73. The van der Waals surface area contributed by atoms with Gasteiger partial charge in [0.25, 0.3) is 0 Å². The third kappa shape index (κ3) is 2.23. The van der Waals surface area contributed by atoms with Crippen molar-refractivity contribution in [2.45, 2.75) is 38.8 Å². The molecular weight excluding hydrogens is 292 g/mol. The predicted molar refractivity (Wildman–Crippen MR) is 90.5 cm³/mol. The molecule has 2 aromatic heterocycles. The van der Waals surface area contributed by atoms with Gasteiger partial charge in [-0.15, -0.1) is 11.3 Å². The van der Waals surface area contributed by atoms with E-state index in [1.165, 1.54) is 22.6 Å². The van der Waals surface area contributed by atoms with Crippen molar-refractivity contribution in [1.29, 1.82) is 0 Å². The van der Waals surface area contributed by atoms with Crippen molar-refractivity contribution in [3.8, 4) is 0 Å². The molecule has 116 valence electrons. The molecule has 4 rings (SSSR count). The van der Waals surface area contributed by atoms with E-state index in [4.69, 9.17) is 4.98 Å². The number of aromatic nitrogens is 2. The maximum absolute atomic E-state index is 4.70. The van der Waals surface area contributed by atoms with Crippen LogP contribution in [0.25, 0.3) is 0 Å². The van der Waals surface area contributed by atoms with Crippen molar-refractivity contribution in [2.24, 2.45) is 0 Å². The van der Waals surface area contributed by atoms with E-state index in [-0.39, 0.29) is 0 Å². The molecule has 0 aromatic carbocycles. The average molecular weight is 314 g/mol. The van der Waals surface area contributed by atoms with Crippen molar-refractivity contribution < 1.29 is 0 Å². The number of rotatable bonds is 2. The Hall–Kier alpha value is -1.46. The molecule has 4 heterocycles. The lowest BCUT2D eigenvalue weighted by Gasteiger charge is -2.38. The van der Waals surface area contributed by atoms with E-state index in [0.717, 1.165) is 38.9 Å². The fraction of sp³-hybridized carbons (Fsp3) is 0.529. The molecule has 0 saturated heterocycles. The Morgan fingerprint density at radius 2 is 2.18 bits per heavy atom. The monoisotopic (exact) mass is 314 g/mol. The van der Waals surface area contributed by atoms with Crippen LogP contribution in [-0.2, 0) is 19.4 Å². The molecule has 2 aliphatic rings. The molecule has 22 heavy (non-hydrogen) atoms. The van der Waals surface area contributed by atoms with Gasteiger partial charge in [0.2, 0.25) is 0 Å². The van der Waals surface area contributed by atoms with Crippen LogP contribution >= 0.6 is 11.3 Å². The van der Waals surface area contributed by atoms with Gasteiger partial charge < -0.3 is 9.80 Å². The summed E-state index contributed by atoms with van der Waals surface area (Å²) in [5.74, 6) is 1.17. The molecule has 0 radical (unpaired) electrons. The van der Waals surface area contributed by atoms with E-state index in [0.29, 0.717) is 6.04 Å². The second kappa shape index (κ2) is 5.63. The van der Waals surface area contributed by atoms with Crippen LogP contribution in [0.1, 0.15) is 41.1 Å². The zero-order valence-electron chi connectivity index (χ0n) is 13.2. The molecule has 5 heteroatoms. The summed E-state index contributed by atoms with van der Waals surface area (Å²) in [6.45, 7) is 5.41. The van der Waals surface area contributed by atoms with Crippen molar-refractivity contribution >= 4 is 17.2 Å². The van der Waals surface area contributed by atoms with Crippen molar-refractivity contribution in [2.75, 3.05) is 25.0 Å². The average Bonchev–Trinajstić information content (AvgIpc) is 3.02. The van der Waals surface area contributed by atoms with Gasteiger partial charge >= 0.3 is 0 Å². The van der Waals surface area contributed by atoms with Crippen LogP contribution in [0.3, 0.4) is 0 Å². The molecular formula is C17H22N4S. The fourth-order valence-electron chi connectivity index (χ4n) is 3.80. The first-order valence-corrected chi connectivity index (χ1v) is 9.00. The van der Waals surface area contributed by atoms with Crippen LogP contribution in [0.5, 0.6) is 0 Å². The third-order valence-electron chi connectivity index (χ3n) is 4.92. The summed E-state index contributed by atoms with van der Waals surface area (Å²) in [5, 5.41) is 2.24. The predicted octanol–water partition coefficient (Wildman–Crippen LogP) is 3.04. The summed E-state index contributed by atoms with van der Waals surface area (Å²) in [6.07, 6.45) is 5.06. The SMILES string of the molecule is CC[C@H]1c2ccsc2CCN1c1ncnc2c1CN(C)CC2. The van der Waals surface area contributed by atoms with Gasteiger partial charge in [0, 0.05) is 36.5 Å². The first-order valence-electron chi connectivity index (χ1n) is 8.12. The molecule has 0 aliphatic carbocycles. The van der Waals surface area contributed by atoms with Gasteiger partial charge in [0.05, 0.1) is 11.7 Å². The first-order chi connectivity index (χ1) is 10.8. The van der Waals surface area contributed by atoms with E-state index in [1.807, 2.05) is 11.3 Å². The van der Waals surface area contributed by atoms with Crippen LogP contribution in [-0.4, -0.2) is 35.0 Å². The number of likely N-dealkylation sites (N-methyl/N-ethyl adjacent to an activating group) is 1. The molecule has 0 amide bonds. The molecule has 0 bridgehead atoms. The Morgan fingerprint density at radius 3 is 3.05 bits per heavy atom. The summed E-state index contributed by atoms with van der Waals surface area (Å²) in [6, 6.07) is 2.77. The summed E-state index contributed by atoms with van der Waals surface area (Å²) < 4.78 is 0. The Labute approximate surface area is 135 Å². The summed E-state index contributed by atoms with van der Waals surface area (Å²) in [4.78, 5) is 15.7. The summed E-state index contributed by atoms with van der Waals surface area (Å²) >= 11 is 1.90. The van der Waals surface area contributed by atoms with Gasteiger partial charge in [-0.2, -0.15) is 0 Å². The molecule has 4 nitrogen and oxygen atoms in total. The normalized spacial score (nSPS) is 21.5. The maximum Gasteiger partial charge on any atom is 0.137 e. The minimum atomic E-state index is 0.459. The topological polar surface area (TPSA) is 32.3 Å². The van der Waals surface area contributed by atoms with Crippen LogP contribution < -0.4 is 4.90 Å². The minimum absolute atomic E-state index is 0.459. The van der Waals surface area contributed by atoms with Crippen LogP contribution in [0.4, 0.5) is 5.82 Å².